The second kappa shape index (κ2) is 8.89. The number of ether oxygens (including phenoxy) is 1. The molecule has 1 aliphatic rings. The summed E-state index contributed by atoms with van der Waals surface area (Å²) in [5.41, 5.74) is 0. The van der Waals surface area contributed by atoms with Crippen LogP contribution in [0.5, 0.6) is 5.75 Å². The van der Waals surface area contributed by atoms with E-state index >= 15 is 0 Å². The summed E-state index contributed by atoms with van der Waals surface area (Å²) in [5, 5.41) is 7.94. The van der Waals surface area contributed by atoms with Crippen LogP contribution in [0.15, 0.2) is 17.8 Å². The van der Waals surface area contributed by atoms with E-state index in [2.05, 4.69) is 20.1 Å². The van der Waals surface area contributed by atoms with Crippen molar-refractivity contribution in [2.75, 3.05) is 18.4 Å². The molecule has 0 unspecified atom stereocenters. The first-order valence-corrected chi connectivity index (χ1v) is 9.42. The zero-order valence-electron chi connectivity index (χ0n) is 14.4. The molecule has 1 N–H and O–H groups in total. The van der Waals surface area contributed by atoms with E-state index in [0.717, 1.165) is 50.1 Å². The average Bonchev–Trinajstić information content (AvgIpc) is 3.15. The standard InChI is InChI=1S/C16H19F2N5O3S/c17-15(18)26-11-5-8-27-13(11)14(25)20-16-19-10-23(21-16)9-12(24)22-6-3-1-2-4-7-22/h5,8,10,15H,1-4,6-7,9H2,(H,20,21,25). The van der Waals surface area contributed by atoms with Gasteiger partial charge in [-0.05, 0) is 24.3 Å². The smallest absolute Gasteiger partial charge is 0.387 e. The highest BCUT2D eigenvalue weighted by Gasteiger charge is 2.20. The molecule has 2 aromatic heterocycles. The Morgan fingerprint density at radius 1 is 1.26 bits per heavy atom. The molecule has 0 aromatic carbocycles. The number of carbonyl (C=O) groups is 2. The van der Waals surface area contributed by atoms with Gasteiger partial charge in [0.05, 0.1) is 0 Å². The number of nitrogens with one attached hydrogen (secondary N) is 1. The van der Waals surface area contributed by atoms with E-state index in [0.29, 0.717) is 0 Å². The van der Waals surface area contributed by atoms with E-state index in [-0.39, 0.29) is 29.0 Å². The van der Waals surface area contributed by atoms with Crippen LogP contribution in [0.1, 0.15) is 35.4 Å². The minimum absolute atomic E-state index is 0.00714. The molecule has 2 aromatic rings. The highest BCUT2D eigenvalue weighted by molar-refractivity contribution is 7.12. The minimum atomic E-state index is -3.02. The molecule has 0 radical (unpaired) electrons. The Morgan fingerprint density at radius 2 is 2.00 bits per heavy atom. The lowest BCUT2D eigenvalue weighted by atomic mass is 10.2. The number of halogens is 2. The molecule has 1 fully saturated rings. The van der Waals surface area contributed by atoms with Gasteiger partial charge in [-0.25, -0.2) is 9.67 Å². The number of hydrogen-bond donors (Lipinski definition) is 1. The monoisotopic (exact) mass is 399 g/mol. The van der Waals surface area contributed by atoms with Crippen LogP contribution in [0.2, 0.25) is 0 Å². The molecule has 11 heteroatoms. The molecule has 2 amide bonds. The van der Waals surface area contributed by atoms with Crippen molar-refractivity contribution in [1.82, 2.24) is 19.7 Å². The fourth-order valence-corrected chi connectivity index (χ4v) is 3.51. The van der Waals surface area contributed by atoms with Gasteiger partial charge in [0.15, 0.2) is 0 Å². The van der Waals surface area contributed by atoms with Crippen molar-refractivity contribution in [1.29, 1.82) is 0 Å². The molecular formula is C16H19F2N5O3S. The van der Waals surface area contributed by atoms with Crippen LogP contribution >= 0.6 is 11.3 Å². The third-order valence-corrected chi connectivity index (χ3v) is 4.96. The molecule has 27 heavy (non-hydrogen) atoms. The van der Waals surface area contributed by atoms with Gasteiger partial charge in [0.2, 0.25) is 11.9 Å². The number of likely N-dealkylation sites (tertiary alicyclic amines) is 1. The first kappa shape index (κ1) is 19.2. The third-order valence-electron chi connectivity index (χ3n) is 4.07. The van der Waals surface area contributed by atoms with E-state index in [1.165, 1.54) is 22.5 Å². The predicted octanol–water partition coefficient (Wildman–Crippen LogP) is 2.60. The van der Waals surface area contributed by atoms with E-state index in [1.807, 2.05) is 4.90 Å². The van der Waals surface area contributed by atoms with Crippen molar-refractivity contribution in [2.24, 2.45) is 0 Å². The number of rotatable bonds is 6. The molecule has 146 valence electrons. The molecular weight excluding hydrogens is 380 g/mol. The topological polar surface area (TPSA) is 89.4 Å². The predicted molar refractivity (Wildman–Crippen MR) is 94.0 cm³/mol. The van der Waals surface area contributed by atoms with E-state index < -0.39 is 12.5 Å². The van der Waals surface area contributed by atoms with E-state index in [9.17, 15) is 18.4 Å². The summed E-state index contributed by atoms with van der Waals surface area (Å²) in [6.07, 6.45) is 5.59. The molecule has 0 bridgehead atoms. The summed E-state index contributed by atoms with van der Waals surface area (Å²) in [4.78, 5) is 30.3. The minimum Gasteiger partial charge on any atom is -0.433 e. The fraction of sp³-hybridized carbons (Fsp3) is 0.500. The number of aromatic nitrogens is 3. The maximum absolute atomic E-state index is 12.4. The second-order valence-electron chi connectivity index (χ2n) is 6.01. The number of hydrogen-bond acceptors (Lipinski definition) is 6. The Balaban J connectivity index is 1.58. The lowest BCUT2D eigenvalue weighted by molar-refractivity contribution is -0.132. The number of amides is 2. The summed E-state index contributed by atoms with van der Waals surface area (Å²) in [6, 6.07) is 1.29. The summed E-state index contributed by atoms with van der Waals surface area (Å²) in [7, 11) is 0. The van der Waals surface area contributed by atoms with Gasteiger partial charge in [0.25, 0.3) is 5.91 Å². The fourth-order valence-electron chi connectivity index (χ4n) is 2.80. The molecule has 0 saturated carbocycles. The van der Waals surface area contributed by atoms with Crippen LogP contribution in [-0.4, -0.2) is 51.2 Å². The van der Waals surface area contributed by atoms with Gasteiger partial charge in [-0.1, -0.05) is 12.8 Å². The van der Waals surface area contributed by atoms with Crippen LogP contribution in [0.25, 0.3) is 0 Å². The van der Waals surface area contributed by atoms with Crippen molar-refractivity contribution >= 4 is 29.1 Å². The van der Waals surface area contributed by atoms with Gasteiger partial charge in [-0.15, -0.1) is 16.4 Å². The Bertz CT molecular complexity index is 787. The average molecular weight is 399 g/mol. The van der Waals surface area contributed by atoms with Gasteiger partial charge >= 0.3 is 6.61 Å². The summed E-state index contributed by atoms with van der Waals surface area (Å²) in [6.45, 7) is -1.51. The SMILES string of the molecule is O=C(Nc1ncn(CC(=O)N2CCCCCC2)n1)c1sccc1OC(F)F. The van der Waals surface area contributed by atoms with Gasteiger partial charge in [-0.2, -0.15) is 8.78 Å². The molecule has 8 nitrogen and oxygen atoms in total. The van der Waals surface area contributed by atoms with Crippen molar-refractivity contribution in [3.8, 4) is 5.75 Å². The number of carbonyl (C=O) groups excluding carboxylic acids is 2. The summed E-state index contributed by atoms with van der Waals surface area (Å²) in [5.74, 6) is -0.925. The van der Waals surface area contributed by atoms with Crippen LogP contribution in [0, 0.1) is 0 Å². The molecule has 3 rings (SSSR count). The normalized spacial score (nSPS) is 14.9. The molecule has 1 aliphatic heterocycles. The van der Waals surface area contributed by atoms with Crippen molar-refractivity contribution < 1.29 is 23.1 Å². The zero-order valence-corrected chi connectivity index (χ0v) is 15.3. The van der Waals surface area contributed by atoms with E-state index in [4.69, 9.17) is 0 Å². The highest BCUT2D eigenvalue weighted by atomic mass is 32.1. The largest absolute Gasteiger partial charge is 0.433 e. The van der Waals surface area contributed by atoms with Gasteiger partial charge in [0, 0.05) is 13.1 Å². The van der Waals surface area contributed by atoms with Gasteiger partial charge in [-0.3, -0.25) is 14.9 Å². The Hall–Kier alpha value is -2.56. The van der Waals surface area contributed by atoms with Crippen molar-refractivity contribution in [3.63, 3.8) is 0 Å². The Morgan fingerprint density at radius 3 is 2.70 bits per heavy atom. The summed E-state index contributed by atoms with van der Waals surface area (Å²) < 4.78 is 30.4. The van der Waals surface area contributed by atoms with Crippen molar-refractivity contribution in [2.45, 2.75) is 38.8 Å². The van der Waals surface area contributed by atoms with Crippen LogP contribution in [-0.2, 0) is 11.3 Å². The first-order chi connectivity index (χ1) is 13.0. The molecule has 0 atom stereocenters. The number of anilines is 1. The number of thiophene rings is 1. The van der Waals surface area contributed by atoms with Crippen LogP contribution in [0.3, 0.4) is 0 Å². The lowest BCUT2D eigenvalue weighted by Crippen LogP contribution is -2.34. The zero-order chi connectivity index (χ0) is 19.2. The second-order valence-corrected chi connectivity index (χ2v) is 6.92. The number of nitrogens with zero attached hydrogens (tertiary/aromatic N) is 4. The summed E-state index contributed by atoms with van der Waals surface area (Å²) >= 11 is 0.964. The molecule has 1 saturated heterocycles. The maximum Gasteiger partial charge on any atom is 0.387 e. The highest BCUT2D eigenvalue weighted by Crippen LogP contribution is 2.27. The third kappa shape index (κ3) is 5.22. The van der Waals surface area contributed by atoms with E-state index in [1.54, 1.807) is 0 Å². The van der Waals surface area contributed by atoms with Crippen molar-refractivity contribution in [3.05, 3.63) is 22.7 Å². The van der Waals surface area contributed by atoms with Gasteiger partial charge in [0.1, 0.15) is 23.5 Å². The maximum atomic E-state index is 12.4. The van der Waals surface area contributed by atoms with Gasteiger partial charge < -0.3 is 9.64 Å². The molecule has 0 aliphatic carbocycles. The Kier molecular flexibility index (Phi) is 6.32. The Labute approximate surface area is 158 Å². The first-order valence-electron chi connectivity index (χ1n) is 8.54. The molecule has 3 heterocycles. The van der Waals surface area contributed by atoms with Crippen LogP contribution < -0.4 is 10.1 Å². The quantitative estimate of drug-likeness (QED) is 0.807. The number of alkyl halides is 2. The lowest BCUT2D eigenvalue weighted by Gasteiger charge is -2.19. The van der Waals surface area contributed by atoms with Crippen LogP contribution in [0.4, 0.5) is 14.7 Å². The molecule has 0 spiro atoms.